The molecular formula is C16H31N3O3S. The van der Waals surface area contributed by atoms with Crippen LogP contribution >= 0.6 is 0 Å². The molecule has 3 unspecified atom stereocenters. The lowest BCUT2D eigenvalue weighted by atomic mass is 9.94. The molecular weight excluding hydrogens is 314 g/mol. The molecule has 0 bridgehead atoms. The van der Waals surface area contributed by atoms with Gasteiger partial charge < -0.3 is 5.32 Å². The number of carbonyl (C=O) groups excluding carboxylic acids is 1. The van der Waals surface area contributed by atoms with Crippen LogP contribution in [0.4, 0.5) is 0 Å². The topological polar surface area (TPSA) is 69.7 Å². The van der Waals surface area contributed by atoms with E-state index < -0.39 is 10.2 Å². The Morgan fingerprint density at radius 1 is 1.13 bits per heavy atom. The van der Waals surface area contributed by atoms with Gasteiger partial charge in [-0.05, 0) is 37.5 Å². The van der Waals surface area contributed by atoms with Crippen LogP contribution in [0.2, 0.25) is 0 Å². The highest BCUT2D eigenvalue weighted by molar-refractivity contribution is 7.86. The number of amides is 1. The van der Waals surface area contributed by atoms with Gasteiger partial charge in [-0.2, -0.15) is 17.0 Å². The lowest BCUT2D eigenvalue weighted by Gasteiger charge is -2.39. The monoisotopic (exact) mass is 345 g/mol. The van der Waals surface area contributed by atoms with Crippen LogP contribution in [0.1, 0.15) is 46.5 Å². The number of hydrogen-bond donors (Lipinski definition) is 1. The molecule has 2 fully saturated rings. The molecule has 2 aliphatic heterocycles. The smallest absolute Gasteiger partial charge is 0.282 e. The second kappa shape index (κ2) is 7.94. The standard InChI is InChI=1S/C16H31N3O3S/c1-4-7-17-16(20)15-6-5-8-18(12-15)23(21,22)19-10-13(2)9-14(3)11-19/h13-15H,4-12H2,1-3H3,(H,17,20). The predicted octanol–water partition coefficient (Wildman–Crippen LogP) is 1.45. The normalized spacial score (nSPS) is 31.0. The van der Waals surface area contributed by atoms with Crippen molar-refractivity contribution in [1.29, 1.82) is 0 Å². The van der Waals surface area contributed by atoms with Gasteiger partial charge in [-0.25, -0.2) is 0 Å². The van der Waals surface area contributed by atoms with E-state index in [-0.39, 0.29) is 11.8 Å². The molecule has 23 heavy (non-hydrogen) atoms. The fourth-order valence-electron chi connectivity index (χ4n) is 3.72. The fourth-order valence-corrected chi connectivity index (χ4v) is 5.66. The quantitative estimate of drug-likeness (QED) is 0.820. The molecule has 1 N–H and O–H groups in total. The van der Waals surface area contributed by atoms with E-state index in [1.807, 2.05) is 6.92 Å². The molecule has 6 nitrogen and oxygen atoms in total. The Hall–Kier alpha value is -0.660. The van der Waals surface area contributed by atoms with E-state index in [1.165, 1.54) is 4.31 Å². The van der Waals surface area contributed by atoms with E-state index in [0.717, 1.165) is 25.7 Å². The summed E-state index contributed by atoms with van der Waals surface area (Å²) in [4.78, 5) is 12.2. The number of nitrogens with one attached hydrogen (secondary N) is 1. The van der Waals surface area contributed by atoms with Crippen molar-refractivity contribution in [3.63, 3.8) is 0 Å². The van der Waals surface area contributed by atoms with Crippen molar-refractivity contribution in [2.45, 2.75) is 46.5 Å². The van der Waals surface area contributed by atoms with Crippen LogP contribution in [0.15, 0.2) is 0 Å². The summed E-state index contributed by atoms with van der Waals surface area (Å²) in [5, 5.41) is 2.89. The Balaban J connectivity index is 2.03. The summed E-state index contributed by atoms with van der Waals surface area (Å²) in [5.74, 6) is 0.556. The maximum absolute atomic E-state index is 12.9. The molecule has 2 heterocycles. The van der Waals surface area contributed by atoms with Crippen molar-refractivity contribution in [3.8, 4) is 0 Å². The summed E-state index contributed by atoms with van der Waals surface area (Å²) in [6, 6.07) is 0. The van der Waals surface area contributed by atoms with E-state index in [0.29, 0.717) is 44.6 Å². The van der Waals surface area contributed by atoms with Crippen LogP contribution in [0.3, 0.4) is 0 Å². The molecule has 0 aliphatic carbocycles. The largest absolute Gasteiger partial charge is 0.356 e. The molecule has 0 aromatic rings. The summed E-state index contributed by atoms with van der Waals surface area (Å²) in [6.45, 7) is 8.91. The van der Waals surface area contributed by atoms with Crippen molar-refractivity contribution in [1.82, 2.24) is 13.9 Å². The van der Waals surface area contributed by atoms with Crippen LogP contribution in [0.25, 0.3) is 0 Å². The molecule has 134 valence electrons. The second-order valence-electron chi connectivity index (χ2n) is 7.26. The average Bonchev–Trinajstić information content (AvgIpc) is 2.51. The van der Waals surface area contributed by atoms with E-state index in [4.69, 9.17) is 0 Å². The lowest BCUT2D eigenvalue weighted by Crippen LogP contribution is -2.53. The number of carbonyl (C=O) groups is 1. The molecule has 2 rings (SSSR count). The first-order valence-corrected chi connectivity index (χ1v) is 10.3. The first-order valence-electron chi connectivity index (χ1n) is 8.87. The highest BCUT2D eigenvalue weighted by Gasteiger charge is 2.38. The second-order valence-corrected chi connectivity index (χ2v) is 9.19. The summed E-state index contributed by atoms with van der Waals surface area (Å²) < 4.78 is 29.0. The molecule has 0 radical (unpaired) electrons. The van der Waals surface area contributed by atoms with Crippen molar-refractivity contribution < 1.29 is 13.2 Å². The summed E-state index contributed by atoms with van der Waals surface area (Å²) in [7, 11) is -3.45. The third-order valence-corrected chi connectivity index (χ3v) is 6.73. The highest BCUT2D eigenvalue weighted by atomic mass is 32.2. The first kappa shape index (κ1) is 18.7. The summed E-state index contributed by atoms with van der Waals surface area (Å²) >= 11 is 0. The molecule has 3 atom stereocenters. The Morgan fingerprint density at radius 2 is 1.78 bits per heavy atom. The predicted molar refractivity (Wildman–Crippen MR) is 91.0 cm³/mol. The molecule has 2 aliphatic rings. The number of rotatable bonds is 5. The van der Waals surface area contributed by atoms with Gasteiger partial charge in [0.05, 0.1) is 5.92 Å². The SMILES string of the molecule is CCCNC(=O)C1CCCN(S(=O)(=O)N2CC(C)CC(C)C2)C1. The van der Waals surface area contributed by atoms with Gasteiger partial charge in [0.1, 0.15) is 0 Å². The minimum absolute atomic E-state index is 0.00729. The van der Waals surface area contributed by atoms with E-state index in [2.05, 4.69) is 19.2 Å². The average molecular weight is 346 g/mol. The zero-order valence-electron chi connectivity index (χ0n) is 14.6. The Bertz CT molecular complexity index is 499. The summed E-state index contributed by atoms with van der Waals surface area (Å²) in [5.41, 5.74) is 0. The summed E-state index contributed by atoms with van der Waals surface area (Å²) in [6.07, 6.45) is 3.49. The minimum atomic E-state index is -3.45. The van der Waals surface area contributed by atoms with Gasteiger partial charge in [0.2, 0.25) is 5.91 Å². The van der Waals surface area contributed by atoms with Crippen molar-refractivity contribution >= 4 is 16.1 Å². The third kappa shape index (κ3) is 4.67. The van der Waals surface area contributed by atoms with Gasteiger partial charge in [-0.3, -0.25) is 4.79 Å². The lowest BCUT2D eigenvalue weighted by molar-refractivity contribution is -0.126. The van der Waals surface area contributed by atoms with Gasteiger partial charge in [0.25, 0.3) is 10.2 Å². The number of hydrogen-bond acceptors (Lipinski definition) is 3. The molecule has 1 amide bonds. The van der Waals surface area contributed by atoms with Gasteiger partial charge >= 0.3 is 0 Å². The van der Waals surface area contributed by atoms with Crippen molar-refractivity contribution in [3.05, 3.63) is 0 Å². The van der Waals surface area contributed by atoms with Gasteiger partial charge in [0, 0.05) is 32.7 Å². The molecule has 0 saturated carbocycles. The number of nitrogens with zero attached hydrogens (tertiary/aromatic N) is 2. The maximum atomic E-state index is 12.9. The zero-order chi connectivity index (χ0) is 17.0. The Morgan fingerprint density at radius 3 is 2.39 bits per heavy atom. The van der Waals surface area contributed by atoms with Gasteiger partial charge in [-0.1, -0.05) is 20.8 Å². The van der Waals surface area contributed by atoms with Crippen molar-refractivity contribution in [2.75, 3.05) is 32.7 Å². The molecule has 0 aromatic heterocycles. The van der Waals surface area contributed by atoms with E-state index >= 15 is 0 Å². The fraction of sp³-hybridized carbons (Fsp3) is 0.938. The third-order valence-electron chi connectivity index (χ3n) is 4.79. The van der Waals surface area contributed by atoms with E-state index in [1.54, 1.807) is 4.31 Å². The maximum Gasteiger partial charge on any atom is 0.282 e. The number of piperidine rings is 2. The Labute approximate surface area is 140 Å². The molecule has 2 saturated heterocycles. The molecule has 7 heteroatoms. The van der Waals surface area contributed by atoms with E-state index in [9.17, 15) is 13.2 Å². The van der Waals surface area contributed by atoms with Crippen LogP contribution in [-0.4, -0.2) is 55.7 Å². The first-order chi connectivity index (χ1) is 10.8. The molecule has 0 aromatic carbocycles. The van der Waals surface area contributed by atoms with Crippen LogP contribution in [-0.2, 0) is 15.0 Å². The Kier molecular flexibility index (Phi) is 6.45. The molecule has 0 spiro atoms. The van der Waals surface area contributed by atoms with Crippen LogP contribution < -0.4 is 5.32 Å². The van der Waals surface area contributed by atoms with Crippen LogP contribution in [0.5, 0.6) is 0 Å². The van der Waals surface area contributed by atoms with Gasteiger partial charge in [-0.15, -0.1) is 0 Å². The van der Waals surface area contributed by atoms with Crippen LogP contribution in [0, 0.1) is 17.8 Å². The van der Waals surface area contributed by atoms with Gasteiger partial charge in [0.15, 0.2) is 0 Å². The van der Waals surface area contributed by atoms with Crippen molar-refractivity contribution in [2.24, 2.45) is 17.8 Å². The highest BCUT2D eigenvalue weighted by Crippen LogP contribution is 2.27. The zero-order valence-corrected chi connectivity index (χ0v) is 15.4. The minimum Gasteiger partial charge on any atom is -0.356 e.